The standard InChI is InChI=1S/C16H26N2O2/c1-2-3-11-20-13-14(19)12-18-10-6-9-17-15-7-4-5-8-16(15)18/h4-5,7-8,14,17,19H,2-3,6,9-13H2,1H3. The predicted molar refractivity (Wildman–Crippen MR) is 83.5 cm³/mol. The first-order valence-electron chi connectivity index (χ1n) is 7.65. The van der Waals surface area contributed by atoms with Gasteiger partial charge in [-0.2, -0.15) is 0 Å². The highest BCUT2D eigenvalue weighted by molar-refractivity contribution is 5.70. The zero-order valence-electron chi connectivity index (χ0n) is 12.3. The summed E-state index contributed by atoms with van der Waals surface area (Å²) in [5.74, 6) is 0. The van der Waals surface area contributed by atoms with Gasteiger partial charge in [0.05, 0.1) is 24.1 Å². The summed E-state index contributed by atoms with van der Waals surface area (Å²) in [7, 11) is 0. The minimum atomic E-state index is -0.432. The second-order valence-corrected chi connectivity index (χ2v) is 5.33. The van der Waals surface area contributed by atoms with Crippen LogP contribution in [0.2, 0.25) is 0 Å². The van der Waals surface area contributed by atoms with E-state index in [1.165, 1.54) is 5.69 Å². The maximum atomic E-state index is 10.1. The number of anilines is 2. The zero-order chi connectivity index (χ0) is 14.2. The summed E-state index contributed by atoms with van der Waals surface area (Å²) < 4.78 is 5.50. The van der Waals surface area contributed by atoms with Crippen molar-refractivity contribution in [1.82, 2.24) is 0 Å². The molecule has 0 saturated carbocycles. The highest BCUT2D eigenvalue weighted by Crippen LogP contribution is 2.27. The fourth-order valence-corrected chi connectivity index (χ4v) is 2.47. The van der Waals surface area contributed by atoms with Gasteiger partial charge in [-0.1, -0.05) is 25.5 Å². The third-order valence-corrected chi connectivity index (χ3v) is 3.55. The first-order chi connectivity index (χ1) is 9.81. The van der Waals surface area contributed by atoms with Gasteiger partial charge < -0.3 is 20.1 Å². The third-order valence-electron chi connectivity index (χ3n) is 3.55. The van der Waals surface area contributed by atoms with Crippen LogP contribution in [0, 0.1) is 0 Å². The van der Waals surface area contributed by atoms with Crippen LogP contribution in [0.4, 0.5) is 11.4 Å². The summed E-state index contributed by atoms with van der Waals surface area (Å²) in [6.45, 7) is 5.89. The van der Waals surface area contributed by atoms with Crippen molar-refractivity contribution in [2.75, 3.05) is 43.1 Å². The average molecular weight is 278 g/mol. The quantitative estimate of drug-likeness (QED) is 0.752. The summed E-state index contributed by atoms with van der Waals surface area (Å²) in [5.41, 5.74) is 2.33. The van der Waals surface area contributed by atoms with E-state index in [-0.39, 0.29) is 0 Å². The van der Waals surface area contributed by atoms with Crippen LogP contribution in [0.5, 0.6) is 0 Å². The fourth-order valence-electron chi connectivity index (χ4n) is 2.47. The molecule has 2 N–H and O–H groups in total. The van der Waals surface area contributed by atoms with Gasteiger partial charge in [0.15, 0.2) is 0 Å². The Bertz CT molecular complexity index is 398. The molecule has 4 heteroatoms. The van der Waals surface area contributed by atoms with Crippen molar-refractivity contribution in [2.24, 2.45) is 0 Å². The lowest BCUT2D eigenvalue weighted by atomic mass is 10.2. The molecule has 1 unspecified atom stereocenters. The van der Waals surface area contributed by atoms with Gasteiger partial charge in [0, 0.05) is 26.2 Å². The van der Waals surface area contributed by atoms with E-state index in [0.29, 0.717) is 13.2 Å². The minimum absolute atomic E-state index is 0.423. The summed E-state index contributed by atoms with van der Waals surface area (Å²) in [5, 5.41) is 13.6. The Morgan fingerprint density at radius 2 is 2.25 bits per heavy atom. The molecule has 0 fully saturated rings. The maximum Gasteiger partial charge on any atom is 0.0948 e. The Labute approximate surface area is 121 Å². The lowest BCUT2D eigenvalue weighted by Crippen LogP contribution is -2.35. The van der Waals surface area contributed by atoms with Crippen LogP contribution in [-0.4, -0.2) is 44.1 Å². The van der Waals surface area contributed by atoms with Crippen molar-refractivity contribution < 1.29 is 9.84 Å². The number of ether oxygens (including phenoxy) is 1. The lowest BCUT2D eigenvalue weighted by Gasteiger charge is -2.27. The fraction of sp³-hybridized carbons (Fsp3) is 0.625. The number of β-amino-alcohol motifs (C(OH)–C–C–N with tert-alkyl or cyclic N) is 1. The van der Waals surface area contributed by atoms with Gasteiger partial charge in [0.2, 0.25) is 0 Å². The topological polar surface area (TPSA) is 44.7 Å². The van der Waals surface area contributed by atoms with Crippen molar-refractivity contribution in [3.05, 3.63) is 24.3 Å². The van der Waals surface area contributed by atoms with Crippen LogP contribution in [0.25, 0.3) is 0 Å². The third kappa shape index (κ3) is 4.39. The molecule has 0 spiro atoms. The van der Waals surface area contributed by atoms with Gasteiger partial charge in [-0.05, 0) is 25.0 Å². The highest BCUT2D eigenvalue weighted by atomic mass is 16.5. The minimum Gasteiger partial charge on any atom is -0.389 e. The van der Waals surface area contributed by atoms with Gasteiger partial charge >= 0.3 is 0 Å². The molecule has 2 rings (SSSR count). The van der Waals surface area contributed by atoms with E-state index in [4.69, 9.17) is 4.74 Å². The number of fused-ring (bicyclic) bond motifs is 1. The van der Waals surface area contributed by atoms with E-state index in [1.807, 2.05) is 12.1 Å². The predicted octanol–water partition coefficient (Wildman–Crippen LogP) is 2.49. The van der Waals surface area contributed by atoms with Crippen LogP contribution in [0.3, 0.4) is 0 Å². The van der Waals surface area contributed by atoms with Crippen molar-refractivity contribution in [1.29, 1.82) is 0 Å². The molecule has 0 radical (unpaired) electrons. The van der Waals surface area contributed by atoms with E-state index in [0.717, 1.165) is 44.6 Å². The van der Waals surface area contributed by atoms with Crippen LogP contribution in [-0.2, 0) is 4.74 Å². The van der Waals surface area contributed by atoms with Gasteiger partial charge in [-0.3, -0.25) is 0 Å². The number of nitrogens with zero attached hydrogens (tertiary/aromatic N) is 1. The van der Waals surface area contributed by atoms with Crippen LogP contribution < -0.4 is 10.2 Å². The SMILES string of the molecule is CCCCOCC(O)CN1CCCNc2ccccc21. The first-order valence-corrected chi connectivity index (χ1v) is 7.65. The number of rotatable bonds is 7. The highest BCUT2D eigenvalue weighted by Gasteiger charge is 2.17. The molecule has 1 heterocycles. The molecular formula is C16H26N2O2. The van der Waals surface area contributed by atoms with Crippen LogP contribution in [0.1, 0.15) is 26.2 Å². The average Bonchev–Trinajstić information content (AvgIpc) is 2.67. The molecule has 0 aliphatic carbocycles. The summed E-state index contributed by atoms with van der Waals surface area (Å²) in [4.78, 5) is 2.25. The molecule has 20 heavy (non-hydrogen) atoms. The Hall–Kier alpha value is -1.26. The summed E-state index contributed by atoms with van der Waals surface area (Å²) in [6.07, 6.45) is 2.83. The molecule has 4 nitrogen and oxygen atoms in total. The number of hydrogen-bond donors (Lipinski definition) is 2. The lowest BCUT2D eigenvalue weighted by molar-refractivity contribution is 0.0392. The van der Waals surface area contributed by atoms with Gasteiger partial charge in [-0.25, -0.2) is 0 Å². The number of para-hydroxylation sites is 2. The number of unbranched alkanes of at least 4 members (excludes halogenated alkanes) is 1. The summed E-state index contributed by atoms with van der Waals surface area (Å²) >= 11 is 0. The Morgan fingerprint density at radius 3 is 3.10 bits per heavy atom. The number of hydrogen-bond acceptors (Lipinski definition) is 4. The van der Waals surface area contributed by atoms with E-state index in [1.54, 1.807) is 0 Å². The number of benzene rings is 1. The molecular weight excluding hydrogens is 252 g/mol. The largest absolute Gasteiger partial charge is 0.389 e. The molecule has 1 aromatic carbocycles. The van der Waals surface area contributed by atoms with Crippen LogP contribution >= 0.6 is 0 Å². The smallest absolute Gasteiger partial charge is 0.0948 e. The summed E-state index contributed by atoms with van der Waals surface area (Å²) in [6, 6.07) is 8.29. The zero-order valence-corrected chi connectivity index (χ0v) is 12.3. The molecule has 1 aromatic rings. The van der Waals surface area contributed by atoms with Crippen LogP contribution in [0.15, 0.2) is 24.3 Å². The number of aliphatic hydroxyl groups excluding tert-OH is 1. The second kappa shape index (κ2) is 8.12. The van der Waals surface area contributed by atoms with Gasteiger partial charge in [0.25, 0.3) is 0 Å². The number of aliphatic hydroxyl groups is 1. The molecule has 112 valence electrons. The van der Waals surface area contributed by atoms with E-state index < -0.39 is 6.10 Å². The molecule has 0 amide bonds. The van der Waals surface area contributed by atoms with Crippen molar-refractivity contribution >= 4 is 11.4 Å². The van der Waals surface area contributed by atoms with E-state index in [2.05, 4.69) is 29.3 Å². The molecule has 1 atom stereocenters. The number of nitrogens with one attached hydrogen (secondary N) is 1. The van der Waals surface area contributed by atoms with Crippen molar-refractivity contribution in [3.63, 3.8) is 0 Å². The normalized spacial score (nSPS) is 16.2. The second-order valence-electron chi connectivity index (χ2n) is 5.33. The molecule has 1 aliphatic heterocycles. The molecule has 1 aliphatic rings. The molecule has 0 aromatic heterocycles. The first kappa shape index (κ1) is 15.1. The van der Waals surface area contributed by atoms with Gasteiger partial charge in [0.1, 0.15) is 0 Å². The maximum absolute atomic E-state index is 10.1. The van der Waals surface area contributed by atoms with Gasteiger partial charge in [-0.15, -0.1) is 0 Å². The van der Waals surface area contributed by atoms with Crippen molar-refractivity contribution in [2.45, 2.75) is 32.3 Å². The Morgan fingerprint density at radius 1 is 1.40 bits per heavy atom. The van der Waals surface area contributed by atoms with E-state index >= 15 is 0 Å². The van der Waals surface area contributed by atoms with E-state index in [9.17, 15) is 5.11 Å². The monoisotopic (exact) mass is 278 g/mol. The Kier molecular flexibility index (Phi) is 6.15. The molecule has 0 saturated heterocycles. The Balaban J connectivity index is 1.88. The van der Waals surface area contributed by atoms with Crippen molar-refractivity contribution in [3.8, 4) is 0 Å². The molecule has 0 bridgehead atoms.